The fraction of sp³-hybridized carbons (Fsp3) is 0.455. The molecule has 1 N–H and O–H groups in total. The maximum absolute atomic E-state index is 11.0. The Morgan fingerprint density at radius 1 is 1.33 bits per heavy atom. The number of nitrogens with one attached hydrogen (secondary N) is 1. The molecule has 0 saturated heterocycles. The second kappa shape index (κ2) is 9.94. The molecule has 0 spiro atoms. The molecule has 0 unspecified atom stereocenters. The number of aldehydes is 1. The predicted octanol–water partition coefficient (Wildman–Crippen LogP) is 3.10. The van der Waals surface area contributed by atoms with Gasteiger partial charge in [-0.25, -0.2) is 4.79 Å². The van der Waals surface area contributed by atoms with E-state index >= 15 is 0 Å². The third-order valence-electron chi connectivity index (χ3n) is 4.65. The molecule has 5 heteroatoms. The quantitative estimate of drug-likeness (QED) is 0.619. The highest BCUT2D eigenvalue weighted by Crippen LogP contribution is 2.24. The second-order valence-electron chi connectivity index (χ2n) is 7.34. The first-order valence-electron chi connectivity index (χ1n) is 9.25. The lowest BCUT2D eigenvalue weighted by Gasteiger charge is -2.29. The maximum atomic E-state index is 11.0. The lowest BCUT2D eigenvalue weighted by Crippen LogP contribution is -2.32. The summed E-state index contributed by atoms with van der Waals surface area (Å²) in [5, 5.41) is 2.37. The van der Waals surface area contributed by atoms with Crippen LogP contribution in [-0.4, -0.2) is 50.6 Å². The van der Waals surface area contributed by atoms with E-state index in [-0.39, 0.29) is 12.0 Å². The van der Waals surface area contributed by atoms with Crippen LogP contribution in [-0.2, 0) is 9.53 Å². The largest absolute Gasteiger partial charge is 0.436 e. The van der Waals surface area contributed by atoms with Crippen LogP contribution in [0.5, 0.6) is 0 Å². The van der Waals surface area contributed by atoms with E-state index in [0.29, 0.717) is 0 Å². The van der Waals surface area contributed by atoms with Crippen molar-refractivity contribution in [2.75, 3.05) is 33.3 Å². The summed E-state index contributed by atoms with van der Waals surface area (Å²) >= 11 is 0. The monoisotopic (exact) mass is 368 g/mol. The van der Waals surface area contributed by atoms with E-state index in [2.05, 4.69) is 40.3 Å². The molecule has 0 aliphatic carbocycles. The number of alkyl carbamates (subject to hydrolysis) is 1. The summed E-state index contributed by atoms with van der Waals surface area (Å²) in [6.45, 7) is 6.92. The molecule has 0 bridgehead atoms. The Balaban J connectivity index is 1.86. The fourth-order valence-electron chi connectivity index (χ4n) is 2.76. The average molecular weight is 368 g/mol. The molecule has 1 aromatic carbocycles. The van der Waals surface area contributed by atoms with Gasteiger partial charge < -0.3 is 14.8 Å². The summed E-state index contributed by atoms with van der Waals surface area (Å²) in [5.74, 6) is 5.81. The van der Waals surface area contributed by atoms with Gasteiger partial charge in [0.2, 0.25) is 0 Å². The van der Waals surface area contributed by atoms with Crippen molar-refractivity contribution in [3.63, 3.8) is 0 Å². The zero-order valence-corrected chi connectivity index (χ0v) is 16.4. The van der Waals surface area contributed by atoms with E-state index in [0.717, 1.165) is 44.3 Å². The smallest absolute Gasteiger partial charge is 0.407 e. The van der Waals surface area contributed by atoms with E-state index < -0.39 is 6.09 Å². The summed E-state index contributed by atoms with van der Waals surface area (Å²) in [7, 11) is 1.51. The van der Waals surface area contributed by atoms with Crippen LogP contribution in [0.4, 0.5) is 4.79 Å². The van der Waals surface area contributed by atoms with Gasteiger partial charge in [0.05, 0.1) is 0 Å². The Morgan fingerprint density at radius 2 is 2.07 bits per heavy atom. The standard InChI is InChI=1S/C22H28N2O3/c1-22(2,17-25)12-15-24-13-10-20(11-14-24)19-8-6-18(7-9-19)5-4-16-27-21(26)23-3/h6-10,17H,11-16H2,1-3H3,(H,23,26). The van der Waals surface area contributed by atoms with Crippen LogP contribution >= 0.6 is 0 Å². The van der Waals surface area contributed by atoms with E-state index in [9.17, 15) is 9.59 Å². The minimum Gasteiger partial charge on any atom is -0.436 e. The Kier molecular flexibility index (Phi) is 7.63. The summed E-state index contributed by atoms with van der Waals surface area (Å²) in [5.41, 5.74) is 3.22. The van der Waals surface area contributed by atoms with Gasteiger partial charge in [-0.05, 0) is 42.7 Å². The lowest BCUT2D eigenvalue weighted by atomic mass is 9.91. The summed E-state index contributed by atoms with van der Waals surface area (Å²) in [4.78, 5) is 24.4. The van der Waals surface area contributed by atoms with Gasteiger partial charge in [-0.15, -0.1) is 0 Å². The molecule has 1 aliphatic heterocycles. The van der Waals surface area contributed by atoms with Crippen molar-refractivity contribution >= 4 is 18.0 Å². The van der Waals surface area contributed by atoms with Gasteiger partial charge in [-0.3, -0.25) is 4.90 Å². The van der Waals surface area contributed by atoms with Crippen LogP contribution in [0, 0.1) is 17.3 Å². The average Bonchev–Trinajstić information content (AvgIpc) is 2.70. The first-order chi connectivity index (χ1) is 12.9. The molecule has 2 rings (SSSR count). The third kappa shape index (κ3) is 6.92. The fourth-order valence-corrected chi connectivity index (χ4v) is 2.76. The van der Waals surface area contributed by atoms with Gasteiger partial charge in [0.15, 0.2) is 6.61 Å². The molecule has 0 fully saturated rings. The van der Waals surface area contributed by atoms with Crippen molar-refractivity contribution in [2.45, 2.75) is 26.7 Å². The lowest BCUT2D eigenvalue weighted by molar-refractivity contribution is -0.115. The van der Waals surface area contributed by atoms with Gasteiger partial charge in [0, 0.05) is 31.1 Å². The zero-order valence-electron chi connectivity index (χ0n) is 16.4. The molecular weight excluding hydrogens is 340 g/mol. The number of ether oxygens (including phenoxy) is 1. The van der Waals surface area contributed by atoms with Crippen molar-refractivity contribution in [1.29, 1.82) is 0 Å². The minimum absolute atomic E-state index is 0.0727. The van der Waals surface area contributed by atoms with E-state index in [1.54, 1.807) is 0 Å². The van der Waals surface area contributed by atoms with E-state index in [4.69, 9.17) is 4.74 Å². The third-order valence-corrected chi connectivity index (χ3v) is 4.65. The molecule has 0 atom stereocenters. The topological polar surface area (TPSA) is 58.6 Å². The SMILES string of the molecule is CNC(=O)OCC#Cc1ccc(C2=CCN(CCC(C)(C)C=O)CC2)cc1. The van der Waals surface area contributed by atoms with Crippen LogP contribution < -0.4 is 5.32 Å². The molecule has 144 valence electrons. The Labute approximate surface area is 161 Å². The molecule has 0 aromatic heterocycles. The molecule has 1 aliphatic rings. The van der Waals surface area contributed by atoms with Crippen LogP contribution in [0.15, 0.2) is 30.3 Å². The molecule has 1 aromatic rings. The first-order valence-corrected chi connectivity index (χ1v) is 9.25. The van der Waals surface area contributed by atoms with Crippen LogP contribution in [0.3, 0.4) is 0 Å². The molecule has 0 radical (unpaired) electrons. The Bertz CT molecular complexity index is 739. The van der Waals surface area contributed by atoms with Crippen molar-refractivity contribution in [1.82, 2.24) is 10.2 Å². The highest BCUT2D eigenvalue weighted by Gasteiger charge is 2.19. The summed E-state index contributed by atoms with van der Waals surface area (Å²) in [6, 6.07) is 8.14. The number of hydrogen-bond acceptors (Lipinski definition) is 4. The van der Waals surface area contributed by atoms with Crippen molar-refractivity contribution in [3.8, 4) is 11.8 Å². The molecular formula is C22H28N2O3. The summed E-state index contributed by atoms with van der Waals surface area (Å²) < 4.78 is 4.83. The summed E-state index contributed by atoms with van der Waals surface area (Å²) in [6.07, 6.45) is 4.74. The molecule has 5 nitrogen and oxygen atoms in total. The minimum atomic E-state index is -0.479. The molecule has 1 heterocycles. The van der Waals surface area contributed by atoms with Gasteiger partial charge in [0.25, 0.3) is 0 Å². The number of benzene rings is 1. The molecule has 1 amide bonds. The van der Waals surface area contributed by atoms with Crippen LogP contribution in [0.1, 0.15) is 37.8 Å². The number of carbonyl (C=O) groups is 2. The maximum Gasteiger partial charge on any atom is 0.407 e. The van der Waals surface area contributed by atoms with E-state index in [1.165, 1.54) is 18.2 Å². The first kappa shape index (κ1) is 20.7. The van der Waals surface area contributed by atoms with Crippen LogP contribution in [0.25, 0.3) is 5.57 Å². The van der Waals surface area contributed by atoms with Gasteiger partial charge in [-0.2, -0.15) is 0 Å². The number of amides is 1. The highest BCUT2D eigenvalue weighted by molar-refractivity contribution is 5.67. The number of carbonyl (C=O) groups excluding carboxylic acids is 2. The number of rotatable bonds is 6. The van der Waals surface area contributed by atoms with E-state index in [1.807, 2.05) is 26.0 Å². The van der Waals surface area contributed by atoms with Gasteiger partial charge in [0.1, 0.15) is 6.29 Å². The van der Waals surface area contributed by atoms with Crippen LogP contribution in [0.2, 0.25) is 0 Å². The van der Waals surface area contributed by atoms with Gasteiger partial charge in [-0.1, -0.05) is 43.9 Å². The predicted molar refractivity (Wildman–Crippen MR) is 107 cm³/mol. The van der Waals surface area contributed by atoms with Crippen molar-refractivity contribution < 1.29 is 14.3 Å². The molecule has 27 heavy (non-hydrogen) atoms. The van der Waals surface area contributed by atoms with Crippen molar-refractivity contribution in [3.05, 3.63) is 41.5 Å². The van der Waals surface area contributed by atoms with Gasteiger partial charge >= 0.3 is 6.09 Å². The van der Waals surface area contributed by atoms with Crippen molar-refractivity contribution in [2.24, 2.45) is 5.41 Å². The Morgan fingerprint density at radius 3 is 2.67 bits per heavy atom. The molecule has 0 saturated carbocycles. The highest BCUT2D eigenvalue weighted by atomic mass is 16.5. The second-order valence-corrected chi connectivity index (χ2v) is 7.34. The zero-order chi connectivity index (χ0) is 19.7. The Hall–Kier alpha value is -2.58. The number of nitrogens with zero attached hydrogens (tertiary/aromatic N) is 1. The number of hydrogen-bond donors (Lipinski definition) is 1. The normalized spacial score (nSPS) is 14.6.